The fourth-order valence-electron chi connectivity index (χ4n) is 13.3. The summed E-state index contributed by atoms with van der Waals surface area (Å²) in [5, 5.41) is 72.3. The van der Waals surface area contributed by atoms with Gasteiger partial charge in [0.15, 0.2) is 6.29 Å². The third-order valence-corrected chi connectivity index (χ3v) is 16.8. The Morgan fingerprint density at radius 2 is 1.47 bits per heavy atom. The molecule has 0 aromatic carbocycles. The molecule has 2 aliphatic heterocycles. The monoisotopic (exact) mass is 750 g/mol. The maximum absolute atomic E-state index is 14.5. The predicted molar refractivity (Wildman–Crippen MR) is 192 cm³/mol. The van der Waals surface area contributed by atoms with Gasteiger partial charge in [-0.1, -0.05) is 60.1 Å². The van der Waals surface area contributed by atoms with Gasteiger partial charge in [0.2, 0.25) is 6.29 Å². The van der Waals surface area contributed by atoms with Crippen molar-refractivity contribution >= 4 is 5.97 Å². The first kappa shape index (κ1) is 40.0. The Morgan fingerprint density at radius 1 is 0.792 bits per heavy atom. The van der Waals surface area contributed by atoms with Crippen LogP contribution in [0.3, 0.4) is 0 Å². The lowest BCUT2D eigenvalue weighted by Crippen LogP contribution is -2.66. The molecule has 7 aliphatic rings. The number of fused-ring (bicyclic) bond motifs is 7. The molecule has 7 rings (SSSR count). The number of esters is 1. The van der Waals surface area contributed by atoms with Crippen LogP contribution in [0, 0.1) is 50.2 Å². The zero-order valence-electron chi connectivity index (χ0n) is 32.7. The van der Waals surface area contributed by atoms with Gasteiger partial charge in [0.25, 0.3) is 0 Å². The number of rotatable bonds is 5. The number of aliphatic hydroxyl groups excluding tert-OH is 7. The fourth-order valence-corrected chi connectivity index (χ4v) is 13.3. The third-order valence-electron chi connectivity index (χ3n) is 16.8. The second-order valence-electron chi connectivity index (χ2n) is 20.2. The summed E-state index contributed by atoms with van der Waals surface area (Å²) >= 11 is 0. The fraction of sp³-hybridized carbons (Fsp3) is 0.927. The van der Waals surface area contributed by atoms with Gasteiger partial charge in [-0.2, -0.15) is 0 Å². The van der Waals surface area contributed by atoms with Crippen LogP contribution in [0.25, 0.3) is 0 Å². The van der Waals surface area contributed by atoms with Crippen LogP contribution < -0.4 is 0 Å². The van der Waals surface area contributed by atoms with Gasteiger partial charge in [-0.15, -0.1) is 0 Å². The van der Waals surface area contributed by atoms with Crippen LogP contribution in [0.15, 0.2) is 11.6 Å². The van der Waals surface area contributed by atoms with Gasteiger partial charge in [0, 0.05) is 0 Å². The van der Waals surface area contributed by atoms with E-state index in [4.69, 9.17) is 18.9 Å². The zero-order chi connectivity index (χ0) is 38.7. The van der Waals surface area contributed by atoms with E-state index in [2.05, 4.69) is 54.5 Å². The number of hydrogen-bond donors (Lipinski definition) is 7. The topological polar surface area (TPSA) is 196 Å². The van der Waals surface area contributed by atoms with Gasteiger partial charge in [-0.25, -0.2) is 0 Å². The molecule has 0 radical (unpaired) electrons. The van der Waals surface area contributed by atoms with Crippen LogP contribution in [0.5, 0.6) is 0 Å². The van der Waals surface area contributed by atoms with Gasteiger partial charge in [0.1, 0.15) is 42.7 Å². The van der Waals surface area contributed by atoms with Crippen molar-refractivity contribution in [3.63, 3.8) is 0 Å². The maximum atomic E-state index is 14.5. The summed E-state index contributed by atoms with van der Waals surface area (Å²) in [6, 6.07) is 0. The molecule has 0 aromatic rings. The summed E-state index contributed by atoms with van der Waals surface area (Å²) in [6.07, 6.45) is -1.54. The Balaban J connectivity index is 1.16. The van der Waals surface area contributed by atoms with E-state index < -0.39 is 73.3 Å². The van der Waals surface area contributed by atoms with Gasteiger partial charge >= 0.3 is 5.97 Å². The first-order valence-corrected chi connectivity index (χ1v) is 20.2. The number of carbonyl (C=O) groups is 1. The van der Waals surface area contributed by atoms with Gasteiger partial charge < -0.3 is 54.7 Å². The minimum atomic E-state index is -1.64. The Morgan fingerprint density at radius 3 is 2.17 bits per heavy atom. The van der Waals surface area contributed by atoms with Crippen LogP contribution in [-0.2, 0) is 23.7 Å². The highest BCUT2D eigenvalue weighted by atomic mass is 16.7. The van der Waals surface area contributed by atoms with Crippen molar-refractivity contribution in [2.24, 2.45) is 50.2 Å². The van der Waals surface area contributed by atoms with E-state index in [9.17, 15) is 40.5 Å². The highest BCUT2D eigenvalue weighted by Gasteiger charge is 2.70. The molecule has 2 heterocycles. The van der Waals surface area contributed by atoms with Crippen molar-refractivity contribution in [2.75, 3.05) is 13.2 Å². The van der Waals surface area contributed by atoms with Crippen molar-refractivity contribution in [3.05, 3.63) is 11.6 Å². The summed E-state index contributed by atoms with van der Waals surface area (Å²) in [5.74, 6) is 0.220. The molecule has 4 saturated carbocycles. The summed E-state index contributed by atoms with van der Waals surface area (Å²) in [7, 11) is 0. The number of hydrogen-bond acceptors (Lipinski definition) is 12. The lowest BCUT2D eigenvalue weighted by molar-refractivity contribution is -0.308. The Hall–Kier alpha value is -1.19. The predicted octanol–water partition coefficient (Wildman–Crippen LogP) is 2.96. The summed E-state index contributed by atoms with van der Waals surface area (Å²) < 4.78 is 23.8. The molecule has 12 nitrogen and oxygen atoms in total. The van der Waals surface area contributed by atoms with Gasteiger partial charge in [0.05, 0.1) is 24.7 Å². The van der Waals surface area contributed by atoms with Gasteiger partial charge in [-0.3, -0.25) is 4.79 Å². The van der Waals surface area contributed by atoms with Crippen molar-refractivity contribution in [3.8, 4) is 0 Å². The molecule has 2 saturated heterocycles. The normalized spacial score (nSPS) is 53.2. The second-order valence-corrected chi connectivity index (χ2v) is 20.2. The lowest BCUT2D eigenvalue weighted by Gasteiger charge is -2.71. The quantitative estimate of drug-likeness (QED) is 0.124. The van der Waals surface area contributed by atoms with Gasteiger partial charge in [-0.05, 0) is 109 Å². The number of allylic oxidation sites excluding steroid dienone is 2. The molecule has 7 N–H and O–H groups in total. The molecular formula is C41H66O12. The first-order chi connectivity index (χ1) is 24.7. The number of ether oxygens (including phenoxy) is 4. The molecule has 0 amide bonds. The minimum Gasteiger partial charge on any atom is -0.432 e. The number of carbonyl (C=O) groups excluding carboxylic acids is 1. The maximum Gasteiger partial charge on any atom is 0.315 e. The second kappa shape index (κ2) is 13.5. The molecule has 12 heteroatoms. The molecule has 6 fully saturated rings. The van der Waals surface area contributed by atoms with Crippen molar-refractivity contribution in [1.82, 2.24) is 0 Å². The lowest BCUT2D eigenvalue weighted by atomic mass is 9.33. The standard InChI is InChI=1S/C41H66O12/c1-36(2)14-16-41(35(49)53-34-32(48)30(46)29(45)24(19-42)51-34)17-15-39(6)21(22(41)18-36)8-9-26-38(5)12-11-27(37(3,4)25(38)10-13-40(26,39)7)52-33-31(47)28(44)23(43)20-50-33/h8,22-34,42-48H,9-20H2,1-7H3/t22-,23+,24+,25?,26?,27-,28-,29+,30-,31+,32+,33-,34-,38-,39+,40+,41?/m0/s1. The minimum absolute atomic E-state index is 0.00420. The van der Waals surface area contributed by atoms with E-state index in [1.807, 2.05) is 0 Å². The van der Waals surface area contributed by atoms with E-state index >= 15 is 0 Å². The first-order valence-electron chi connectivity index (χ1n) is 20.2. The SMILES string of the molecule is CC1(C)CCC2(C(=O)O[C@@H]3O[C@H](CO)[C@@H](O)[C@H](O)[C@H]3O)CC[C@]3(C)C(=CCC4[C@@]5(C)CC[C@H](O[C@@H]6OC[C@@H](O)[C@H](O)[C@H]6O)C(C)(C)C5CC[C@]43C)[C@@H]2C1. The summed E-state index contributed by atoms with van der Waals surface area (Å²) in [5.41, 5.74) is 0.0931. The highest BCUT2D eigenvalue weighted by Crippen LogP contribution is 2.76. The van der Waals surface area contributed by atoms with Crippen LogP contribution in [0.2, 0.25) is 0 Å². The molecule has 3 unspecified atom stereocenters. The summed E-state index contributed by atoms with van der Waals surface area (Å²) in [4.78, 5) is 14.5. The van der Waals surface area contributed by atoms with Crippen LogP contribution in [-0.4, -0.2) is 116 Å². The van der Waals surface area contributed by atoms with Crippen LogP contribution in [0.4, 0.5) is 0 Å². The Kier molecular flexibility index (Phi) is 10.2. The molecule has 5 aliphatic carbocycles. The Bertz CT molecular complexity index is 1430. The van der Waals surface area contributed by atoms with E-state index in [1.54, 1.807) is 0 Å². The van der Waals surface area contributed by atoms with Crippen LogP contribution >= 0.6 is 0 Å². The largest absolute Gasteiger partial charge is 0.432 e. The average Bonchev–Trinajstić information content (AvgIpc) is 3.09. The molecule has 17 atom stereocenters. The number of aliphatic hydroxyl groups is 7. The molecule has 0 aromatic heterocycles. The van der Waals surface area contributed by atoms with Crippen molar-refractivity contribution in [1.29, 1.82) is 0 Å². The van der Waals surface area contributed by atoms with E-state index in [0.717, 1.165) is 51.4 Å². The van der Waals surface area contributed by atoms with Crippen molar-refractivity contribution < 1.29 is 59.5 Å². The summed E-state index contributed by atoms with van der Waals surface area (Å²) in [6.45, 7) is 15.8. The van der Waals surface area contributed by atoms with E-state index in [1.165, 1.54) is 5.57 Å². The van der Waals surface area contributed by atoms with Crippen molar-refractivity contribution in [2.45, 2.75) is 174 Å². The average molecular weight is 751 g/mol. The third kappa shape index (κ3) is 5.94. The smallest absolute Gasteiger partial charge is 0.315 e. The van der Waals surface area contributed by atoms with E-state index in [0.29, 0.717) is 24.7 Å². The Labute approximate surface area is 314 Å². The van der Waals surface area contributed by atoms with Crippen LogP contribution in [0.1, 0.15) is 113 Å². The molecule has 0 spiro atoms. The molecular weight excluding hydrogens is 684 g/mol. The molecule has 53 heavy (non-hydrogen) atoms. The van der Waals surface area contributed by atoms with E-state index in [-0.39, 0.29) is 45.7 Å². The zero-order valence-corrected chi connectivity index (χ0v) is 32.7. The molecule has 302 valence electrons. The molecule has 0 bridgehead atoms. The highest BCUT2D eigenvalue weighted by molar-refractivity contribution is 5.79.